The number of rotatable bonds is 3. The predicted octanol–water partition coefficient (Wildman–Crippen LogP) is 2.50. The maximum absolute atomic E-state index is 9.25. The molecule has 2 atom stereocenters. The Balaban J connectivity index is 2.08. The third-order valence-electron chi connectivity index (χ3n) is 2.47. The molecule has 0 amide bonds. The molecule has 0 aliphatic heterocycles. The van der Waals surface area contributed by atoms with Crippen LogP contribution < -0.4 is 0 Å². The lowest BCUT2D eigenvalue weighted by molar-refractivity contribution is 0.0201. The summed E-state index contributed by atoms with van der Waals surface area (Å²) in [6.07, 6.45) is 6.85. The van der Waals surface area contributed by atoms with Gasteiger partial charge in [0.25, 0.3) is 0 Å². The van der Waals surface area contributed by atoms with Crippen molar-refractivity contribution in [2.75, 3.05) is 0 Å². The van der Waals surface area contributed by atoms with E-state index in [9.17, 15) is 5.11 Å². The van der Waals surface area contributed by atoms with E-state index in [1.807, 2.05) is 0 Å². The van der Waals surface area contributed by atoms with Gasteiger partial charge in [-0.1, -0.05) is 11.6 Å². The molecule has 1 aliphatic carbocycles. The van der Waals surface area contributed by atoms with Gasteiger partial charge in [-0.2, -0.15) is 0 Å². The first-order chi connectivity index (χ1) is 5.20. The van der Waals surface area contributed by atoms with E-state index >= 15 is 0 Å². The van der Waals surface area contributed by atoms with E-state index < -0.39 is 0 Å². The maximum atomic E-state index is 9.25. The highest BCUT2D eigenvalue weighted by Gasteiger charge is 2.27. The molecule has 0 aromatic rings. The quantitative estimate of drug-likeness (QED) is 0.619. The summed E-state index contributed by atoms with van der Waals surface area (Å²) in [6, 6.07) is 0. The summed E-state index contributed by atoms with van der Waals surface area (Å²) in [6.45, 7) is 4.24. The van der Waals surface area contributed by atoms with Gasteiger partial charge in [0.05, 0.1) is 6.10 Å². The van der Waals surface area contributed by atoms with Crippen molar-refractivity contribution in [3.05, 3.63) is 11.6 Å². The lowest BCUT2D eigenvalue weighted by Crippen LogP contribution is -2.30. The Morgan fingerprint density at radius 3 is 2.55 bits per heavy atom. The first kappa shape index (κ1) is 8.79. The molecule has 1 aliphatic rings. The van der Waals surface area contributed by atoms with Crippen molar-refractivity contribution in [2.24, 2.45) is 5.92 Å². The summed E-state index contributed by atoms with van der Waals surface area (Å²) in [5.41, 5.74) is 1.39. The Bertz CT molecular complexity index is 145. The number of aliphatic hydroxyl groups excluding tert-OH is 1. The molecular formula is C10H18O. The van der Waals surface area contributed by atoms with Crippen molar-refractivity contribution >= 4 is 0 Å². The molecule has 1 N–H and O–H groups in total. The van der Waals surface area contributed by atoms with Gasteiger partial charge in [0, 0.05) is 0 Å². The smallest absolute Gasteiger partial charge is 0.0568 e. The fourth-order valence-corrected chi connectivity index (χ4v) is 1.47. The molecule has 1 saturated carbocycles. The summed E-state index contributed by atoms with van der Waals surface area (Å²) in [7, 11) is 0. The summed E-state index contributed by atoms with van der Waals surface area (Å²) < 4.78 is 0. The van der Waals surface area contributed by atoms with E-state index in [0.29, 0.717) is 5.92 Å². The minimum Gasteiger partial charge on any atom is -0.393 e. The van der Waals surface area contributed by atoms with Crippen LogP contribution in [0.25, 0.3) is 0 Å². The summed E-state index contributed by atoms with van der Waals surface area (Å²) in [4.78, 5) is 0. The van der Waals surface area contributed by atoms with Gasteiger partial charge in [-0.3, -0.25) is 0 Å². The molecule has 11 heavy (non-hydrogen) atoms. The van der Waals surface area contributed by atoms with Gasteiger partial charge >= 0.3 is 0 Å². The molecular weight excluding hydrogens is 136 g/mol. The van der Waals surface area contributed by atoms with Gasteiger partial charge in [-0.25, -0.2) is 0 Å². The number of hydrogen-bond donors (Lipinski definition) is 1. The Morgan fingerprint density at radius 1 is 1.45 bits per heavy atom. The van der Waals surface area contributed by atoms with Crippen LogP contribution in [0.1, 0.15) is 39.5 Å². The standard InChI is InChI=1S/C10H18O/c1-8(2)4-3-5-9-6-7-10(9)11/h4,9-11H,3,5-7H2,1-2H3. The molecule has 64 valence electrons. The molecule has 0 aromatic carbocycles. The van der Waals surface area contributed by atoms with Crippen LogP contribution in [0.4, 0.5) is 0 Å². The highest BCUT2D eigenvalue weighted by atomic mass is 16.3. The summed E-state index contributed by atoms with van der Waals surface area (Å²) in [5.74, 6) is 0.602. The van der Waals surface area contributed by atoms with Crippen molar-refractivity contribution in [2.45, 2.75) is 45.6 Å². The molecule has 0 heterocycles. The number of hydrogen-bond acceptors (Lipinski definition) is 1. The average molecular weight is 154 g/mol. The molecule has 0 bridgehead atoms. The SMILES string of the molecule is CC(C)=CCCC1CCC1O. The second kappa shape index (κ2) is 3.91. The van der Waals surface area contributed by atoms with Gasteiger partial charge in [0.1, 0.15) is 0 Å². The van der Waals surface area contributed by atoms with E-state index in [1.54, 1.807) is 0 Å². The van der Waals surface area contributed by atoms with Crippen LogP contribution in [0.3, 0.4) is 0 Å². The average Bonchev–Trinajstić information content (AvgIpc) is 1.94. The molecule has 1 fully saturated rings. The minimum absolute atomic E-state index is 0.0144. The summed E-state index contributed by atoms with van der Waals surface area (Å²) >= 11 is 0. The van der Waals surface area contributed by atoms with Crippen molar-refractivity contribution in [1.29, 1.82) is 0 Å². The van der Waals surface area contributed by atoms with Gasteiger partial charge in [-0.15, -0.1) is 0 Å². The molecule has 1 heteroatoms. The molecule has 1 rings (SSSR count). The zero-order valence-electron chi connectivity index (χ0n) is 7.51. The van der Waals surface area contributed by atoms with Gasteiger partial charge < -0.3 is 5.11 Å². The van der Waals surface area contributed by atoms with Gasteiger partial charge in [0.2, 0.25) is 0 Å². The van der Waals surface area contributed by atoms with Crippen LogP contribution in [-0.2, 0) is 0 Å². The second-order valence-corrected chi connectivity index (χ2v) is 3.76. The normalized spacial score (nSPS) is 29.4. The fourth-order valence-electron chi connectivity index (χ4n) is 1.47. The van der Waals surface area contributed by atoms with Gasteiger partial charge in [0.15, 0.2) is 0 Å². The van der Waals surface area contributed by atoms with Crippen LogP contribution in [0, 0.1) is 5.92 Å². The van der Waals surface area contributed by atoms with Crippen LogP contribution in [0.2, 0.25) is 0 Å². The molecule has 0 saturated heterocycles. The second-order valence-electron chi connectivity index (χ2n) is 3.76. The topological polar surface area (TPSA) is 20.2 Å². The van der Waals surface area contributed by atoms with Crippen LogP contribution in [0.5, 0.6) is 0 Å². The zero-order valence-corrected chi connectivity index (χ0v) is 7.51. The Hall–Kier alpha value is -0.300. The van der Waals surface area contributed by atoms with Crippen molar-refractivity contribution in [1.82, 2.24) is 0 Å². The van der Waals surface area contributed by atoms with Crippen molar-refractivity contribution in [3.63, 3.8) is 0 Å². The Morgan fingerprint density at radius 2 is 2.18 bits per heavy atom. The van der Waals surface area contributed by atoms with E-state index in [-0.39, 0.29) is 6.10 Å². The first-order valence-electron chi connectivity index (χ1n) is 4.51. The fraction of sp³-hybridized carbons (Fsp3) is 0.800. The zero-order chi connectivity index (χ0) is 8.27. The van der Waals surface area contributed by atoms with Crippen LogP contribution in [-0.4, -0.2) is 11.2 Å². The lowest BCUT2D eigenvalue weighted by atomic mass is 9.79. The van der Waals surface area contributed by atoms with Crippen molar-refractivity contribution in [3.8, 4) is 0 Å². The van der Waals surface area contributed by atoms with Gasteiger partial charge in [-0.05, 0) is 45.4 Å². The molecule has 0 radical (unpaired) electrons. The minimum atomic E-state index is 0.0144. The van der Waals surface area contributed by atoms with Crippen LogP contribution >= 0.6 is 0 Å². The molecule has 1 nitrogen and oxygen atoms in total. The van der Waals surface area contributed by atoms with E-state index in [4.69, 9.17) is 0 Å². The predicted molar refractivity (Wildman–Crippen MR) is 47.4 cm³/mol. The van der Waals surface area contributed by atoms with E-state index in [0.717, 1.165) is 12.8 Å². The molecule has 0 aromatic heterocycles. The van der Waals surface area contributed by atoms with Crippen LogP contribution in [0.15, 0.2) is 11.6 Å². The Kier molecular flexibility index (Phi) is 3.13. The monoisotopic (exact) mass is 154 g/mol. The Labute approximate surface area is 69.1 Å². The van der Waals surface area contributed by atoms with E-state index in [2.05, 4.69) is 19.9 Å². The summed E-state index contributed by atoms with van der Waals surface area (Å²) in [5, 5.41) is 9.25. The highest BCUT2D eigenvalue weighted by Crippen LogP contribution is 2.31. The van der Waals surface area contributed by atoms with E-state index in [1.165, 1.54) is 18.4 Å². The molecule has 0 spiro atoms. The largest absolute Gasteiger partial charge is 0.393 e. The lowest BCUT2D eigenvalue weighted by Gasteiger charge is -2.32. The maximum Gasteiger partial charge on any atom is 0.0568 e. The third kappa shape index (κ3) is 2.66. The molecule has 2 unspecified atom stereocenters. The first-order valence-corrected chi connectivity index (χ1v) is 4.51. The highest BCUT2D eigenvalue weighted by molar-refractivity contribution is 4.94. The number of allylic oxidation sites excluding steroid dienone is 2. The third-order valence-corrected chi connectivity index (χ3v) is 2.47. The van der Waals surface area contributed by atoms with Crippen molar-refractivity contribution < 1.29 is 5.11 Å². The number of aliphatic hydroxyl groups is 1.